The molecule has 0 spiro atoms. The summed E-state index contributed by atoms with van der Waals surface area (Å²) in [6, 6.07) is 52.2. The van der Waals surface area contributed by atoms with Gasteiger partial charge in [-0.2, -0.15) is 19.6 Å². The summed E-state index contributed by atoms with van der Waals surface area (Å²) in [5, 5.41) is 9.73. The number of ether oxygens (including phenoxy) is 2. The summed E-state index contributed by atoms with van der Waals surface area (Å²) in [7, 11) is 0. The minimum Gasteiger partial charge on any atom is -0.493 e. The number of carbonyl (C=O) groups excluding carboxylic acids is 3. The summed E-state index contributed by atoms with van der Waals surface area (Å²) in [6.45, 7) is 4.93. The third-order valence-corrected chi connectivity index (χ3v) is 13.0. The third-order valence-electron chi connectivity index (χ3n) is 13.0. The Kier molecular flexibility index (Phi) is 10.7. The highest BCUT2D eigenvalue weighted by molar-refractivity contribution is 6.23. The average molecular weight is 879 g/mol. The van der Waals surface area contributed by atoms with Crippen molar-refractivity contribution in [2.24, 2.45) is 0 Å². The highest BCUT2D eigenvalue weighted by atomic mass is 16.5. The maximum atomic E-state index is 13.8. The molecule has 0 fully saturated rings. The Bertz CT molecular complexity index is 3330. The van der Waals surface area contributed by atoms with E-state index in [0.717, 1.165) is 115 Å². The fourth-order valence-electron chi connectivity index (χ4n) is 9.93. The molecule has 0 atom stereocenters. The Morgan fingerprint density at radius 1 is 0.463 bits per heavy atom. The first kappa shape index (κ1) is 41.5. The number of rotatable bonds is 6. The third kappa shape index (κ3) is 7.62. The molecule has 6 heterocycles. The molecule has 2 aromatic heterocycles. The Labute approximate surface area is 388 Å². The van der Waals surface area contributed by atoms with Crippen molar-refractivity contribution >= 4 is 28.7 Å². The number of Topliss-reactive ketones (excluding diaryl/α,β-unsaturated/α-hetero) is 1. The zero-order chi connectivity index (χ0) is 45.6. The van der Waals surface area contributed by atoms with E-state index in [1.54, 1.807) is 9.36 Å². The van der Waals surface area contributed by atoms with Gasteiger partial charge in [0.1, 0.15) is 29.5 Å². The lowest BCUT2D eigenvalue weighted by Crippen LogP contribution is -2.24. The van der Waals surface area contributed by atoms with Crippen LogP contribution in [0.25, 0.3) is 55.9 Å². The lowest BCUT2D eigenvalue weighted by atomic mass is 9.89. The van der Waals surface area contributed by atoms with Crippen molar-refractivity contribution in [3.63, 3.8) is 0 Å². The molecule has 8 aromatic rings. The van der Waals surface area contributed by atoms with E-state index in [1.165, 1.54) is 5.56 Å². The molecule has 0 bridgehead atoms. The van der Waals surface area contributed by atoms with E-state index in [1.807, 2.05) is 122 Å². The zero-order valence-electron chi connectivity index (χ0n) is 37.3. The van der Waals surface area contributed by atoms with Gasteiger partial charge in [0, 0.05) is 58.2 Å². The number of carbonyl (C=O) groups is 3. The minimum atomic E-state index is -0.152. The van der Waals surface area contributed by atoms with Crippen LogP contribution in [0.4, 0.5) is 0 Å². The van der Waals surface area contributed by atoms with Crippen LogP contribution in [0, 0.1) is 0 Å². The number of fused-ring (bicyclic) bond motifs is 4. The summed E-state index contributed by atoms with van der Waals surface area (Å²) in [5.74, 6) is 1.47. The first-order chi connectivity index (χ1) is 32.8. The molecular formula is C58H46N4O5. The number of nitrogens with zero attached hydrogens (tertiary/aromatic N) is 4. The highest BCUT2D eigenvalue weighted by Gasteiger charge is 2.34. The smallest absolute Gasteiger partial charge is 0.279 e. The number of aryl methyl sites for hydroxylation is 1. The quantitative estimate of drug-likeness (QED) is 0.164. The molecule has 9 heteroatoms. The van der Waals surface area contributed by atoms with Crippen LogP contribution in [-0.4, -0.2) is 50.4 Å². The van der Waals surface area contributed by atoms with E-state index >= 15 is 0 Å². The number of hydrogen-bond donors (Lipinski definition) is 0. The Morgan fingerprint density at radius 3 is 1.37 bits per heavy atom. The second kappa shape index (κ2) is 17.3. The van der Waals surface area contributed by atoms with Crippen molar-refractivity contribution in [1.29, 1.82) is 0 Å². The van der Waals surface area contributed by atoms with Crippen LogP contribution in [0.2, 0.25) is 0 Å². The van der Waals surface area contributed by atoms with Crippen LogP contribution in [0.5, 0.6) is 11.5 Å². The molecule has 0 saturated heterocycles. The molecule has 4 aliphatic heterocycles. The molecule has 0 unspecified atom stereocenters. The van der Waals surface area contributed by atoms with Gasteiger partial charge in [0.25, 0.3) is 11.8 Å². The number of benzene rings is 6. The largest absolute Gasteiger partial charge is 0.493 e. The second-order valence-corrected chi connectivity index (χ2v) is 17.5. The molecule has 12 rings (SSSR count). The van der Waals surface area contributed by atoms with Crippen molar-refractivity contribution in [3.8, 4) is 56.3 Å². The predicted octanol–water partition coefficient (Wildman–Crippen LogP) is 11.6. The minimum absolute atomic E-state index is 0.0414. The van der Waals surface area contributed by atoms with Crippen molar-refractivity contribution in [2.45, 2.75) is 46.0 Å². The molecule has 328 valence electrons. The average Bonchev–Trinajstić information content (AvgIpc) is 3.95. The van der Waals surface area contributed by atoms with E-state index < -0.39 is 0 Å². The molecule has 6 aromatic carbocycles. The van der Waals surface area contributed by atoms with E-state index in [9.17, 15) is 14.4 Å². The molecule has 0 radical (unpaired) electrons. The van der Waals surface area contributed by atoms with Crippen molar-refractivity contribution < 1.29 is 23.9 Å². The van der Waals surface area contributed by atoms with Crippen molar-refractivity contribution in [3.05, 3.63) is 203 Å². The van der Waals surface area contributed by atoms with Gasteiger partial charge in [0.15, 0.2) is 5.78 Å². The van der Waals surface area contributed by atoms with Crippen LogP contribution in [0.15, 0.2) is 169 Å². The van der Waals surface area contributed by atoms with Gasteiger partial charge >= 0.3 is 0 Å². The summed E-state index contributed by atoms with van der Waals surface area (Å²) >= 11 is 0. The lowest BCUT2D eigenvalue weighted by Gasteiger charge is -2.22. The molecule has 9 nitrogen and oxygen atoms in total. The number of aromatic nitrogens is 4. The molecule has 0 N–H and O–H groups in total. The Morgan fingerprint density at radius 2 is 0.896 bits per heavy atom. The molecular weight excluding hydrogens is 833 g/mol. The monoisotopic (exact) mass is 878 g/mol. The number of hydrogen-bond acceptors (Lipinski definition) is 7. The van der Waals surface area contributed by atoms with Gasteiger partial charge in [-0.25, -0.2) is 0 Å². The standard InChI is InChI=1S/C29H22N2O3.C29H24N2O2/c1-18-14-24-27(19-8-4-2-5-9-19)28(20-10-6-3-7-11-20)30-31(24)29(33)26(18)21-12-13-25-22(15-21)16-23(32)17-34-25;1-19-17-24-27(20-9-4-2-5-10-20)28(21-11-6-3-7-12-21)30-31(24)29(32)26(19)23-14-15-25-22(18-23)13-8-16-33-25/h2-13,15H,14,16-17H2,1H3;2-7,9-12,14-15,18H,8,13,16-17H2,1H3. The Hall–Kier alpha value is -8.17. The molecule has 4 aliphatic rings. The van der Waals surface area contributed by atoms with Gasteiger partial charge < -0.3 is 9.47 Å². The van der Waals surface area contributed by atoms with E-state index in [4.69, 9.17) is 19.7 Å². The fraction of sp³-hybridized carbons (Fsp3) is 0.155. The predicted molar refractivity (Wildman–Crippen MR) is 261 cm³/mol. The van der Waals surface area contributed by atoms with Gasteiger partial charge in [-0.1, -0.05) is 145 Å². The van der Waals surface area contributed by atoms with Gasteiger partial charge in [0.2, 0.25) is 0 Å². The number of ketones is 1. The van der Waals surface area contributed by atoms with Crippen LogP contribution < -0.4 is 9.47 Å². The van der Waals surface area contributed by atoms with Gasteiger partial charge in [-0.3, -0.25) is 14.4 Å². The normalized spacial score (nSPS) is 15.1. The first-order valence-electron chi connectivity index (χ1n) is 22.8. The van der Waals surface area contributed by atoms with Gasteiger partial charge in [-0.15, -0.1) is 0 Å². The van der Waals surface area contributed by atoms with Crippen LogP contribution in [0.1, 0.15) is 63.5 Å². The summed E-state index contributed by atoms with van der Waals surface area (Å²) in [4.78, 5) is 39.6. The number of allylic oxidation sites excluding steroid dienone is 4. The Balaban J connectivity index is 0.000000148. The van der Waals surface area contributed by atoms with Crippen molar-refractivity contribution in [1.82, 2.24) is 19.6 Å². The molecule has 0 aliphatic carbocycles. The van der Waals surface area contributed by atoms with E-state index in [-0.39, 0.29) is 24.2 Å². The van der Waals surface area contributed by atoms with Crippen LogP contribution in [-0.2, 0) is 30.5 Å². The van der Waals surface area contributed by atoms with Crippen molar-refractivity contribution in [2.75, 3.05) is 13.2 Å². The maximum absolute atomic E-state index is 13.8. The van der Waals surface area contributed by atoms with E-state index in [0.29, 0.717) is 30.6 Å². The second-order valence-electron chi connectivity index (χ2n) is 17.5. The zero-order valence-corrected chi connectivity index (χ0v) is 37.3. The molecule has 67 heavy (non-hydrogen) atoms. The summed E-state index contributed by atoms with van der Waals surface area (Å²) < 4.78 is 14.5. The first-order valence-corrected chi connectivity index (χ1v) is 22.8. The van der Waals surface area contributed by atoms with E-state index in [2.05, 4.69) is 49.4 Å². The lowest BCUT2D eigenvalue weighted by molar-refractivity contribution is -0.121. The van der Waals surface area contributed by atoms with Gasteiger partial charge in [0.05, 0.1) is 18.0 Å². The fourth-order valence-corrected chi connectivity index (χ4v) is 9.93. The van der Waals surface area contributed by atoms with Crippen LogP contribution in [0.3, 0.4) is 0 Å². The summed E-state index contributed by atoms with van der Waals surface area (Å²) in [6.07, 6.45) is 3.60. The molecule has 0 amide bonds. The van der Waals surface area contributed by atoms with Crippen LogP contribution >= 0.6 is 0 Å². The summed E-state index contributed by atoms with van der Waals surface area (Å²) in [5.41, 5.74) is 16.8. The SMILES string of the molecule is CC1=C(c2ccc3c(c2)CC(=O)CO3)C(=O)n2nc(-c3ccccc3)c(-c3ccccc3)c2C1.CC1=C(c2ccc3c(c2)CCCO3)C(=O)n2nc(-c3ccccc3)c(-c3ccccc3)c2C1. The topological polar surface area (TPSA) is 105 Å². The van der Waals surface area contributed by atoms with Gasteiger partial charge in [-0.05, 0) is 78.8 Å². The molecule has 0 saturated carbocycles. The maximum Gasteiger partial charge on any atom is 0.279 e. The highest BCUT2D eigenvalue weighted by Crippen LogP contribution is 2.42.